The molecule has 0 aliphatic carbocycles. The molecule has 1 amide bonds. The van der Waals surface area contributed by atoms with Gasteiger partial charge in [-0.25, -0.2) is 0 Å². The van der Waals surface area contributed by atoms with Crippen LogP contribution in [0.1, 0.15) is 37.9 Å². The number of hydrogen-bond donors (Lipinski definition) is 1. The largest absolute Gasteiger partial charge is 0.507 e. The van der Waals surface area contributed by atoms with Crippen LogP contribution < -0.4 is 4.74 Å². The molecule has 1 aliphatic rings. The highest BCUT2D eigenvalue weighted by Crippen LogP contribution is 2.39. The molecule has 184 valence electrons. The van der Waals surface area contributed by atoms with Crippen LogP contribution in [0.3, 0.4) is 0 Å². The van der Waals surface area contributed by atoms with Crippen LogP contribution in [0.15, 0.2) is 54.1 Å². The van der Waals surface area contributed by atoms with E-state index in [-0.39, 0.29) is 23.4 Å². The van der Waals surface area contributed by atoms with Gasteiger partial charge in [-0.05, 0) is 42.9 Å². The number of likely N-dealkylation sites (tertiary alicyclic amines) is 1. The molecule has 1 heterocycles. The van der Waals surface area contributed by atoms with E-state index in [0.29, 0.717) is 17.9 Å². The van der Waals surface area contributed by atoms with Gasteiger partial charge in [-0.15, -0.1) is 0 Å². The molecule has 2 aromatic carbocycles. The Bertz CT molecular complexity index is 1150. The van der Waals surface area contributed by atoms with E-state index in [4.69, 9.17) is 4.74 Å². The number of carbonyl (C=O) groups is 3. The van der Waals surface area contributed by atoms with Crippen LogP contribution >= 0.6 is 0 Å². The van der Waals surface area contributed by atoms with Gasteiger partial charge < -0.3 is 19.6 Å². The van der Waals surface area contributed by atoms with Crippen molar-refractivity contribution in [2.45, 2.75) is 26.8 Å². The minimum atomic E-state index is -0.882. The average molecular weight is 482 g/mol. The van der Waals surface area contributed by atoms with Gasteiger partial charge in [0.25, 0.3) is 17.4 Å². The highest BCUT2D eigenvalue weighted by atomic mass is 16.6. The second-order valence-electron chi connectivity index (χ2n) is 7.99. The number of likely N-dealkylation sites (N-methyl/N-ethyl adjacent to an activating group) is 1. The normalized spacial score (nSPS) is 17.1. The molecule has 1 aliphatic heterocycles. The SMILES string of the molecule is CCN(CC)CCN1C(=O)C(=O)/C(=C(\O)c2ccc([N+](=O)[O-])cc2)C1c1ccc(OC(C)=O)cc1. The zero-order chi connectivity index (χ0) is 25.7. The number of nitro groups is 1. The second kappa shape index (κ2) is 10.9. The van der Waals surface area contributed by atoms with Gasteiger partial charge in [-0.3, -0.25) is 24.5 Å². The lowest BCUT2D eigenvalue weighted by molar-refractivity contribution is -0.384. The number of hydrogen-bond acceptors (Lipinski definition) is 8. The van der Waals surface area contributed by atoms with Gasteiger partial charge in [-0.2, -0.15) is 0 Å². The standard InChI is InChI=1S/C25H27N3O7/c1-4-26(5-2)14-15-27-22(17-8-12-20(13-9-17)35-16(3)29)21(24(31)25(27)32)23(30)18-6-10-19(11-7-18)28(33)34/h6-13,22,30H,4-5,14-15H2,1-3H3/b23-21-. The van der Waals surface area contributed by atoms with E-state index < -0.39 is 34.4 Å². The van der Waals surface area contributed by atoms with Crippen LogP contribution in [0.4, 0.5) is 5.69 Å². The van der Waals surface area contributed by atoms with Gasteiger partial charge in [0.2, 0.25) is 0 Å². The Labute approximate surface area is 202 Å². The zero-order valence-corrected chi connectivity index (χ0v) is 19.8. The van der Waals surface area contributed by atoms with Crippen molar-refractivity contribution in [2.24, 2.45) is 0 Å². The van der Waals surface area contributed by atoms with Crippen molar-refractivity contribution in [1.29, 1.82) is 0 Å². The lowest BCUT2D eigenvalue weighted by Crippen LogP contribution is -2.38. The van der Waals surface area contributed by atoms with Crippen LogP contribution in [0.25, 0.3) is 5.76 Å². The number of rotatable bonds is 9. The number of aliphatic hydroxyl groups excluding tert-OH is 1. The van der Waals surface area contributed by atoms with Gasteiger partial charge in [0.1, 0.15) is 11.5 Å². The third-order valence-electron chi connectivity index (χ3n) is 5.90. The first-order chi connectivity index (χ1) is 16.7. The molecule has 0 spiro atoms. The molecular formula is C25H27N3O7. The topological polar surface area (TPSA) is 130 Å². The lowest BCUT2D eigenvalue weighted by Gasteiger charge is -2.28. The first-order valence-electron chi connectivity index (χ1n) is 11.2. The molecule has 35 heavy (non-hydrogen) atoms. The molecule has 1 atom stereocenters. The van der Waals surface area contributed by atoms with Crippen LogP contribution in [-0.2, 0) is 14.4 Å². The van der Waals surface area contributed by atoms with Gasteiger partial charge in [0.05, 0.1) is 16.5 Å². The zero-order valence-electron chi connectivity index (χ0n) is 19.8. The molecule has 1 unspecified atom stereocenters. The summed E-state index contributed by atoms with van der Waals surface area (Å²) in [4.78, 5) is 51.3. The summed E-state index contributed by atoms with van der Waals surface area (Å²) in [7, 11) is 0. The fourth-order valence-electron chi connectivity index (χ4n) is 4.03. The van der Waals surface area contributed by atoms with Gasteiger partial charge in [0, 0.05) is 37.7 Å². The van der Waals surface area contributed by atoms with E-state index in [9.17, 15) is 29.6 Å². The number of benzene rings is 2. The Morgan fingerprint density at radius 2 is 1.69 bits per heavy atom. The van der Waals surface area contributed by atoms with Crippen molar-refractivity contribution >= 4 is 29.1 Å². The van der Waals surface area contributed by atoms with E-state index >= 15 is 0 Å². The summed E-state index contributed by atoms with van der Waals surface area (Å²) in [5.74, 6) is -2.18. The molecule has 10 nitrogen and oxygen atoms in total. The van der Waals surface area contributed by atoms with E-state index in [0.717, 1.165) is 13.1 Å². The van der Waals surface area contributed by atoms with Crippen LogP contribution in [-0.4, -0.2) is 63.7 Å². The third-order valence-corrected chi connectivity index (χ3v) is 5.90. The van der Waals surface area contributed by atoms with Crippen molar-refractivity contribution in [3.05, 3.63) is 75.3 Å². The molecule has 10 heteroatoms. The molecule has 1 N–H and O–H groups in total. The summed E-state index contributed by atoms with van der Waals surface area (Å²) in [6.07, 6.45) is 0. The Morgan fingerprint density at radius 3 is 2.20 bits per heavy atom. The van der Waals surface area contributed by atoms with E-state index in [1.54, 1.807) is 24.3 Å². The fraction of sp³-hybridized carbons (Fsp3) is 0.320. The number of carbonyl (C=O) groups excluding carboxylic acids is 3. The molecule has 1 fully saturated rings. The summed E-state index contributed by atoms with van der Waals surface area (Å²) in [6, 6.07) is 10.6. The maximum absolute atomic E-state index is 13.1. The van der Waals surface area contributed by atoms with Crippen molar-refractivity contribution in [2.75, 3.05) is 26.2 Å². The molecular weight excluding hydrogens is 454 g/mol. The average Bonchev–Trinajstić information content (AvgIpc) is 3.09. The highest BCUT2D eigenvalue weighted by Gasteiger charge is 2.46. The van der Waals surface area contributed by atoms with Gasteiger partial charge >= 0.3 is 5.97 Å². The van der Waals surface area contributed by atoms with Crippen molar-refractivity contribution in [1.82, 2.24) is 9.80 Å². The van der Waals surface area contributed by atoms with Crippen molar-refractivity contribution in [3.8, 4) is 5.75 Å². The quantitative estimate of drug-likeness (QED) is 0.110. The summed E-state index contributed by atoms with van der Waals surface area (Å²) >= 11 is 0. The molecule has 0 aromatic heterocycles. The number of nitrogens with zero attached hydrogens (tertiary/aromatic N) is 3. The van der Waals surface area contributed by atoms with E-state index in [2.05, 4.69) is 4.90 Å². The monoisotopic (exact) mass is 481 g/mol. The number of ether oxygens (including phenoxy) is 1. The Balaban J connectivity index is 2.08. The fourth-order valence-corrected chi connectivity index (χ4v) is 4.03. The predicted molar refractivity (Wildman–Crippen MR) is 128 cm³/mol. The minimum Gasteiger partial charge on any atom is -0.507 e. The maximum atomic E-state index is 13.1. The molecule has 2 aromatic rings. The summed E-state index contributed by atoms with van der Waals surface area (Å²) in [5.41, 5.74) is 0.449. The summed E-state index contributed by atoms with van der Waals surface area (Å²) in [6.45, 7) is 7.59. The smallest absolute Gasteiger partial charge is 0.308 e. The van der Waals surface area contributed by atoms with Crippen molar-refractivity contribution < 1.29 is 29.2 Å². The van der Waals surface area contributed by atoms with Crippen LogP contribution in [0.2, 0.25) is 0 Å². The van der Waals surface area contributed by atoms with Crippen LogP contribution in [0, 0.1) is 10.1 Å². The van der Waals surface area contributed by atoms with Crippen molar-refractivity contribution in [3.63, 3.8) is 0 Å². The number of aliphatic hydroxyl groups is 1. The molecule has 0 saturated carbocycles. The predicted octanol–water partition coefficient (Wildman–Crippen LogP) is 3.28. The first-order valence-corrected chi connectivity index (χ1v) is 11.2. The third kappa shape index (κ3) is 5.55. The summed E-state index contributed by atoms with van der Waals surface area (Å²) < 4.78 is 5.07. The Hall–Kier alpha value is -4.05. The minimum absolute atomic E-state index is 0.108. The molecule has 1 saturated heterocycles. The van der Waals surface area contributed by atoms with E-state index in [1.807, 2.05) is 13.8 Å². The number of Topliss-reactive ketones (excluding diaryl/α,β-unsaturated/α-hetero) is 1. The molecule has 0 radical (unpaired) electrons. The molecule has 3 rings (SSSR count). The number of amides is 1. The number of esters is 1. The van der Waals surface area contributed by atoms with Gasteiger partial charge in [-0.1, -0.05) is 26.0 Å². The maximum Gasteiger partial charge on any atom is 0.308 e. The number of nitro benzene ring substituents is 1. The second-order valence-corrected chi connectivity index (χ2v) is 7.99. The highest BCUT2D eigenvalue weighted by molar-refractivity contribution is 6.46. The number of non-ortho nitro benzene ring substituents is 1. The summed E-state index contributed by atoms with van der Waals surface area (Å²) in [5, 5.41) is 22.0. The van der Waals surface area contributed by atoms with E-state index in [1.165, 1.54) is 36.1 Å². The van der Waals surface area contributed by atoms with Crippen LogP contribution in [0.5, 0.6) is 5.75 Å². The first kappa shape index (κ1) is 25.6. The van der Waals surface area contributed by atoms with Gasteiger partial charge in [0.15, 0.2) is 0 Å². The molecule has 0 bridgehead atoms. The Kier molecular flexibility index (Phi) is 7.98. The number of ketones is 1. The Morgan fingerprint density at radius 1 is 1.09 bits per heavy atom. The lowest BCUT2D eigenvalue weighted by atomic mass is 9.95.